The van der Waals surface area contributed by atoms with Crippen molar-refractivity contribution in [3.05, 3.63) is 23.2 Å². The second-order valence-electron chi connectivity index (χ2n) is 6.41. The molecule has 1 aromatic carbocycles. The predicted molar refractivity (Wildman–Crippen MR) is 81.6 cm³/mol. The Morgan fingerprint density at radius 1 is 1.59 bits per heavy atom. The first-order chi connectivity index (χ1) is 13.4. The van der Waals surface area contributed by atoms with Crippen molar-refractivity contribution in [2.45, 2.75) is 43.2 Å². The Hall–Kier alpha value is -1.55. The molecule has 0 aromatic heterocycles. The first-order valence-electron chi connectivity index (χ1n) is 11.1. The summed E-state index contributed by atoms with van der Waals surface area (Å²) in [5, 5.41) is 0. The fourth-order valence-corrected chi connectivity index (χ4v) is 4.74. The first kappa shape index (κ1) is 7.82. The van der Waals surface area contributed by atoms with Gasteiger partial charge in [0.2, 0.25) is 0 Å². The Bertz CT molecular complexity index is 966. The normalized spacial score (nSPS) is 50.3. The molecule has 1 spiro atoms. The Labute approximate surface area is 140 Å². The maximum Gasteiger partial charge on any atom is 0.174 e. The summed E-state index contributed by atoms with van der Waals surface area (Å²) in [6.07, 6.45) is -1.83. The van der Waals surface area contributed by atoms with E-state index in [1.807, 2.05) is 0 Å². The number of nitrogens with zero attached hydrogens (tertiary/aromatic N) is 1. The van der Waals surface area contributed by atoms with E-state index in [1.165, 1.54) is 12.0 Å². The van der Waals surface area contributed by atoms with Gasteiger partial charge >= 0.3 is 0 Å². The molecule has 0 amide bonds. The van der Waals surface area contributed by atoms with Crippen molar-refractivity contribution in [3.63, 3.8) is 0 Å². The number of likely N-dealkylation sites (N-methyl/N-ethyl adjacent to an activating group) is 1. The highest BCUT2D eigenvalue weighted by atomic mass is 16.5. The van der Waals surface area contributed by atoms with Gasteiger partial charge in [0, 0.05) is 28.9 Å². The Kier molecular flexibility index (Phi) is 1.44. The standard InChI is InChI=1S/C18H21NO3/c1-19-8-7-18-11-4-5-13(20)17(18)22-16-14(21-2)6-3-10(15(16)18)9-12(11)19/h3,6,11-12,17H,4-5,7-9H2,1-2H3/t11-,12+,17?,18-/m0/s1/i1D3,3D,6D,11D,17D. The van der Waals surface area contributed by atoms with Crippen molar-refractivity contribution < 1.29 is 23.9 Å². The number of carbonyl (C=O) groups excluding carboxylic acids is 1. The highest BCUT2D eigenvalue weighted by Crippen LogP contribution is 2.62. The zero-order valence-corrected chi connectivity index (χ0v) is 12.3. The smallest absolute Gasteiger partial charge is 0.174 e. The second-order valence-corrected chi connectivity index (χ2v) is 6.41. The van der Waals surface area contributed by atoms with Crippen LogP contribution in [0.15, 0.2) is 12.1 Å². The minimum absolute atomic E-state index is 0.00370. The summed E-state index contributed by atoms with van der Waals surface area (Å²) < 4.78 is 70.5. The number of hydrogen-bond donors (Lipinski definition) is 0. The number of ether oxygens (including phenoxy) is 2. The molecule has 1 saturated heterocycles. The van der Waals surface area contributed by atoms with Gasteiger partial charge in [0.1, 0.15) is 0 Å². The van der Waals surface area contributed by atoms with Gasteiger partial charge in [0.05, 0.1) is 11.2 Å². The van der Waals surface area contributed by atoms with Crippen LogP contribution in [-0.4, -0.2) is 43.4 Å². The molecule has 2 fully saturated rings. The molecule has 4 heteroatoms. The van der Waals surface area contributed by atoms with Crippen molar-refractivity contribution in [1.29, 1.82) is 0 Å². The average Bonchev–Trinajstić information content (AvgIpc) is 2.89. The van der Waals surface area contributed by atoms with Crippen LogP contribution in [0.4, 0.5) is 0 Å². The lowest BCUT2D eigenvalue weighted by Gasteiger charge is -2.57. The Morgan fingerprint density at radius 3 is 3.32 bits per heavy atom. The SMILES string of the molecule is [2H]c1c([2H])c(OC)c2c3c1C[C@H]1N(C([2H])([2H])[2H])CC[C@@]34C([2H])(O2)C(=O)CC[C@@]14[2H]. The molecular weight excluding hydrogens is 278 g/mol. The van der Waals surface area contributed by atoms with Crippen LogP contribution in [0.25, 0.3) is 0 Å². The van der Waals surface area contributed by atoms with Crippen LogP contribution in [0.5, 0.6) is 11.5 Å². The van der Waals surface area contributed by atoms with Gasteiger partial charge in [-0.25, -0.2) is 0 Å². The third kappa shape index (κ3) is 1.27. The molecule has 0 N–H and O–H groups in total. The van der Waals surface area contributed by atoms with Gasteiger partial charge in [0.25, 0.3) is 0 Å². The minimum atomic E-state index is -2.44. The maximum absolute atomic E-state index is 13.0. The van der Waals surface area contributed by atoms with E-state index in [4.69, 9.17) is 17.7 Å². The summed E-state index contributed by atoms with van der Waals surface area (Å²) in [4.78, 5) is 14.3. The molecule has 116 valence electrons. The highest BCUT2D eigenvalue weighted by Gasteiger charge is 2.65. The molecule has 1 saturated carbocycles. The predicted octanol–water partition coefficient (Wildman–Crippen LogP) is 1.93. The van der Waals surface area contributed by atoms with Gasteiger partial charge < -0.3 is 14.4 Å². The van der Waals surface area contributed by atoms with Crippen LogP contribution >= 0.6 is 0 Å². The van der Waals surface area contributed by atoms with E-state index in [2.05, 4.69) is 0 Å². The number of rotatable bonds is 1. The second kappa shape index (κ2) is 4.05. The molecule has 2 bridgehead atoms. The number of carbonyl (C=O) groups is 1. The number of ketones is 1. The van der Waals surface area contributed by atoms with E-state index in [1.54, 1.807) is 0 Å². The largest absolute Gasteiger partial charge is 0.493 e. The van der Waals surface area contributed by atoms with Gasteiger partial charge in [-0.1, -0.05) is 6.04 Å². The average molecular weight is 306 g/mol. The zero-order valence-electron chi connectivity index (χ0n) is 19.3. The van der Waals surface area contributed by atoms with Gasteiger partial charge in [-0.3, -0.25) is 4.79 Å². The third-order valence-corrected chi connectivity index (χ3v) is 5.61. The summed E-state index contributed by atoms with van der Waals surface area (Å²) in [6, 6.07) is -1.14. The minimum Gasteiger partial charge on any atom is -0.493 e. The van der Waals surface area contributed by atoms with E-state index in [9.17, 15) is 6.17 Å². The van der Waals surface area contributed by atoms with E-state index in [0.717, 1.165) is 0 Å². The number of piperidine rings is 1. The van der Waals surface area contributed by atoms with Crippen LogP contribution in [0.1, 0.15) is 40.0 Å². The van der Waals surface area contributed by atoms with Crippen LogP contribution in [-0.2, 0) is 16.6 Å². The van der Waals surface area contributed by atoms with Crippen molar-refractivity contribution in [2.75, 3.05) is 20.6 Å². The fourth-order valence-electron chi connectivity index (χ4n) is 4.74. The molecule has 5 rings (SSSR count). The molecule has 4 atom stereocenters. The topological polar surface area (TPSA) is 38.8 Å². The lowest BCUT2D eigenvalue weighted by molar-refractivity contribution is -0.138. The van der Waals surface area contributed by atoms with Crippen LogP contribution in [0, 0.1) is 5.89 Å². The van der Waals surface area contributed by atoms with Crippen molar-refractivity contribution in [2.24, 2.45) is 5.89 Å². The lowest BCUT2D eigenvalue weighted by Crippen LogP contribution is -2.65. The molecule has 22 heavy (non-hydrogen) atoms. The number of methoxy groups -OCH3 is 1. The van der Waals surface area contributed by atoms with Gasteiger partial charge in [0.15, 0.2) is 23.4 Å². The zero-order chi connectivity index (χ0) is 21.1. The summed E-state index contributed by atoms with van der Waals surface area (Å²) in [5.74, 6) is -1.79. The first-order valence-corrected chi connectivity index (χ1v) is 7.63. The number of benzene rings is 1. The van der Waals surface area contributed by atoms with E-state index >= 15 is 0 Å². The molecule has 2 aliphatic carbocycles. The molecule has 1 unspecified atom stereocenters. The van der Waals surface area contributed by atoms with E-state index < -0.39 is 36.2 Å². The number of likely N-dealkylation sites (tertiary alicyclic amines) is 1. The van der Waals surface area contributed by atoms with Crippen molar-refractivity contribution in [1.82, 2.24) is 4.90 Å². The van der Waals surface area contributed by atoms with Crippen LogP contribution in [0.3, 0.4) is 0 Å². The van der Waals surface area contributed by atoms with Crippen LogP contribution in [0.2, 0.25) is 0 Å². The molecule has 1 aromatic rings. The van der Waals surface area contributed by atoms with Crippen LogP contribution < -0.4 is 9.47 Å². The van der Waals surface area contributed by atoms with Gasteiger partial charge in [-0.05, 0) is 50.3 Å². The van der Waals surface area contributed by atoms with Crippen molar-refractivity contribution in [3.8, 4) is 11.5 Å². The van der Waals surface area contributed by atoms with Gasteiger partial charge in [-0.2, -0.15) is 0 Å². The monoisotopic (exact) mass is 306 g/mol. The summed E-state index contributed by atoms with van der Waals surface area (Å²) in [7, 11) is 1.34. The van der Waals surface area contributed by atoms with Gasteiger partial charge in [-0.15, -0.1) is 0 Å². The highest BCUT2D eigenvalue weighted by molar-refractivity contribution is 5.89. The summed E-state index contributed by atoms with van der Waals surface area (Å²) in [6.45, 7) is -2.35. The number of Topliss-reactive ketones (excluding diaryl/α,β-unsaturated/α-hetero) is 1. The van der Waals surface area contributed by atoms with E-state index in [0.29, 0.717) is 11.1 Å². The summed E-state index contributed by atoms with van der Waals surface area (Å²) in [5.41, 5.74) is -0.548. The fraction of sp³-hybridized carbons (Fsp3) is 0.611. The molecule has 0 radical (unpaired) electrons. The molecule has 2 heterocycles. The van der Waals surface area contributed by atoms with E-state index in [-0.39, 0.29) is 55.8 Å². The molecule has 2 aliphatic heterocycles. The summed E-state index contributed by atoms with van der Waals surface area (Å²) >= 11 is 0. The maximum atomic E-state index is 13.0. The van der Waals surface area contributed by atoms with Crippen molar-refractivity contribution >= 4 is 5.78 Å². The molecule has 4 aliphatic rings. The Morgan fingerprint density at radius 2 is 2.50 bits per heavy atom. The Balaban J connectivity index is 1.89. The molecular formula is C18H21NO3. The molecule has 4 nitrogen and oxygen atoms in total. The quantitative estimate of drug-likeness (QED) is 0.795. The number of hydrogen-bond acceptors (Lipinski definition) is 4. The third-order valence-electron chi connectivity index (χ3n) is 5.61. The lowest BCUT2D eigenvalue weighted by atomic mass is 9.52.